The highest BCUT2D eigenvalue weighted by Crippen LogP contribution is 2.56. The summed E-state index contributed by atoms with van der Waals surface area (Å²) in [7, 11) is 0. The van der Waals surface area contributed by atoms with Gasteiger partial charge in [0, 0.05) is 11.1 Å². The molecule has 2 saturated carbocycles. The standard InChI is InChI=1S/C28H31F4N3O/c1-2-26-11-12-27(36,28(30,31)32)15-19(26)7-4-8-23-22(26)13-18-16-33-35(25(18)34-23)24-10-9-20(29)14-21(24)17-5-3-6-17/h9-10,13-14,16-17,19,36H,2-8,11-12,15H2,1H3/t19-,26-,27+/m1/s1. The van der Waals surface area contributed by atoms with E-state index < -0.39 is 17.2 Å². The Balaban J connectivity index is 1.46. The summed E-state index contributed by atoms with van der Waals surface area (Å²) in [6, 6.07) is 6.91. The lowest BCUT2D eigenvalue weighted by Crippen LogP contribution is -2.54. The number of aryl methyl sites for hydroxylation is 1. The highest BCUT2D eigenvalue weighted by atomic mass is 19.4. The maximum atomic E-state index is 14.1. The number of fused-ring (bicyclic) bond motifs is 4. The van der Waals surface area contributed by atoms with Gasteiger partial charge in [0.1, 0.15) is 5.82 Å². The van der Waals surface area contributed by atoms with E-state index in [-0.39, 0.29) is 31.0 Å². The summed E-state index contributed by atoms with van der Waals surface area (Å²) in [5.41, 5.74) is 1.36. The molecule has 3 aromatic rings. The second-order valence-corrected chi connectivity index (χ2v) is 11.1. The largest absolute Gasteiger partial charge is 0.417 e. The van der Waals surface area contributed by atoms with Crippen LogP contribution in [0.2, 0.25) is 0 Å². The molecule has 8 heteroatoms. The van der Waals surface area contributed by atoms with Crippen molar-refractivity contribution in [3.63, 3.8) is 0 Å². The van der Waals surface area contributed by atoms with Crippen molar-refractivity contribution >= 4 is 11.0 Å². The molecule has 6 rings (SSSR count). The Hall–Kier alpha value is -2.48. The Morgan fingerprint density at radius 3 is 2.61 bits per heavy atom. The normalized spacial score (nSPS) is 28.9. The summed E-state index contributed by atoms with van der Waals surface area (Å²) in [4.78, 5) is 5.07. The molecule has 0 unspecified atom stereocenters. The summed E-state index contributed by atoms with van der Waals surface area (Å²) in [6.45, 7) is 2.04. The van der Waals surface area contributed by atoms with E-state index in [2.05, 4.69) is 11.2 Å². The van der Waals surface area contributed by atoms with Crippen LogP contribution in [0.1, 0.15) is 87.4 Å². The number of alkyl halides is 3. The number of benzene rings is 1. The molecule has 36 heavy (non-hydrogen) atoms. The lowest BCUT2D eigenvalue weighted by Gasteiger charge is -2.50. The minimum atomic E-state index is -4.63. The molecule has 3 aliphatic carbocycles. The van der Waals surface area contributed by atoms with E-state index in [9.17, 15) is 22.7 Å². The molecule has 192 valence electrons. The number of hydrogen-bond acceptors (Lipinski definition) is 3. The number of nitrogens with zero attached hydrogens (tertiary/aromatic N) is 3. The minimum absolute atomic E-state index is 0.258. The van der Waals surface area contributed by atoms with Crippen molar-refractivity contribution in [3.8, 4) is 5.69 Å². The van der Waals surface area contributed by atoms with Crippen LogP contribution in [0.4, 0.5) is 17.6 Å². The maximum Gasteiger partial charge on any atom is 0.417 e. The van der Waals surface area contributed by atoms with Crippen molar-refractivity contribution < 1.29 is 22.7 Å². The average molecular weight is 502 g/mol. The predicted molar refractivity (Wildman–Crippen MR) is 129 cm³/mol. The predicted octanol–water partition coefficient (Wildman–Crippen LogP) is 6.90. The molecule has 2 heterocycles. The van der Waals surface area contributed by atoms with Crippen molar-refractivity contribution in [2.45, 2.75) is 94.2 Å². The molecule has 0 bridgehead atoms. The van der Waals surface area contributed by atoms with Gasteiger partial charge in [0.15, 0.2) is 11.2 Å². The molecular weight excluding hydrogens is 470 g/mol. The minimum Gasteiger partial charge on any atom is -0.380 e. The van der Waals surface area contributed by atoms with Gasteiger partial charge in [0.05, 0.1) is 11.9 Å². The Morgan fingerprint density at radius 1 is 1.11 bits per heavy atom. The summed E-state index contributed by atoms with van der Waals surface area (Å²) in [6.07, 6.45) is 2.79. The maximum absolute atomic E-state index is 14.1. The first-order valence-electron chi connectivity index (χ1n) is 13.1. The summed E-state index contributed by atoms with van der Waals surface area (Å²) in [5, 5.41) is 16.0. The average Bonchev–Trinajstić information content (AvgIpc) is 3.13. The van der Waals surface area contributed by atoms with Crippen LogP contribution in [0.25, 0.3) is 16.7 Å². The molecule has 2 fully saturated rings. The fourth-order valence-electron chi connectivity index (χ4n) is 7.06. The number of pyridine rings is 1. The summed E-state index contributed by atoms with van der Waals surface area (Å²) in [5.74, 6) is -0.207. The zero-order valence-electron chi connectivity index (χ0n) is 20.4. The first-order valence-corrected chi connectivity index (χ1v) is 13.1. The van der Waals surface area contributed by atoms with Crippen molar-refractivity contribution in [2.24, 2.45) is 5.92 Å². The van der Waals surface area contributed by atoms with Crippen LogP contribution in [0.5, 0.6) is 0 Å². The second kappa shape index (κ2) is 8.27. The Bertz CT molecular complexity index is 1310. The Morgan fingerprint density at radius 2 is 1.92 bits per heavy atom. The molecule has 0 spiro atoms. The Kier molecular flexibility index (Phi) is 5.49. The molecule has 1 N–H and O–H groups in total. The number of aliphatic hydroxyl groups is 1. The van der Waals surface area contributed by atoms with Crippen LogP contribution in [0, 0.1) is 11.7 Å². The highest BCUT2D eigenvalue weighted by molar-refractivity contribution is 5.78. The third kappa shape index (κ3) is 3.51. The van der Waals surface area contributed by atoms with E-state index in [1.54, 1.807) is 23.0 Å². The SMILES string of the molecule is CC[C@@]12CC[C@@](O)(C(F)(F)F)C[C@H]1CCCc1nc3c(cnn3-c3ccc(F)cc3C3CCC3)cc12. The molecule has 3 aliphatic rings. The summed E-state index contributed by atoms with van der Waals surface area (Å²) >= 11 is 0. The van der Waals surface area contributed by atoms with Crippen molar-refractivity contribution in [3.05, 3.63) is 53.1 Å². The van der Waals surface area contributed by atoms with E-state index >= 15 is 0 Å². The first-order chi connectivity index (χ1) is 17.1. The van der Waals surface area contributed by atoms with E-state index in [1.807, 2.05) is 6.92 Å². The molecule has 2 aromatic heterocycles. The van der Waals surface area contributed by atoms with Gasteiger partial charge in [-0.15, -0.1) is 0 Å². The zero-order chi connectivity index (χ0) is 25.3. The molecule has 3 atom stereocenters. The zero-order valence-corrected chi connectivity index (χ0v) is 20.4. The smallest absolute Gasteiger partial charge is 0.380 e. The summed E-state index contributed by atoms with van der Waals surface area (Å²) < 4.78 is 57.1. The fourth-order valence-corrected chi connectivity index (χ4v) is 7.06. The quantitative estimate of drug-likeness (QED) is 0.397. The van der Waals surface area contributed by atoms with Crippen LogP contribution in [-0.2, 0) is 11.8 Å². The van der Waals surface area contributed by atoms with Crippen molar-refractivity contribution in [1.29, 1.82) is 0 Å². The molecule has 0 amide bonds. The second-order valence-electron chi connectivity index (χ2n) is 11.1. The van der Waals surface area contributed by atoms with Gasteiger partial charge in [0.2, 0.25) is 0 Å². The monoisotopic (exact) mass is 501 g/mol. The van der Waals surface area contributed by atoms with Gasteiger partial charge in [-0.2, -0.15) is 18.3 Å². The van der Waals surface area contributed by atoms with Crippen LogP contribution in [-0.4, -0.2) is 31.6 Å². The molecule has 4 nitrogen and oxygen atoms in total. The van der Waals surface area contributed by atoms with Crippen LogP contribution in [0.3, 0.4) is 0 Å². The number of halogens is 4. The van der Waals surface area contributed by atoms with Gasteiger partial charge in [-0.05, 0) is 110 Å². The molecule has 0 radical (unpaired) electrons. The van der Waals surface area contributed by atoms with Gasteiger partial charge in [-0.1, -0.05) is 13.3 Å². The highest BCUT2D eigenvalue weighted by Gasteiger charge is 2.60. The number of aromatic nitrogens is 3. The first kappa shape index (κ1) is 23.9. The van der Waals surface area contributed by atoms with Crippen LogP contribution in [0.15, 0.2) is 30.5 Å². The van der Waals surface area contributed by atoms with Crippen molar-refractivity contribution in [2.75, 3.05) is 0 Å². The third-order valence-electron chi connectivity index (χ3n) is 9.40. The van der Waals surface area contributed by atoms with Gasteiger partial charge in [-0.3, -0.25) is 0 Å². The third-order valence-corrected chi connectivity index (χ3v) is 9.40. The molecule has 0 aliphatic heterocycles. The molecule has 0 saturated heterocycles. The van der Waals surface area contributed by atoms with Gasteiger partial charge in [0.25, 0.3) is 0 Å². The van der Waals surface area contributed by atoms with E-state index in [4.69, 9.17) is 4.98 Å². The Labute approximate surface area is 207 Å². The molecular formula is C28H31F4N3O. The lowest BCUT2D eigenvalue weighted by molar-refractivity contribution is -0.279. The topological polar surface area (TPSA) is 50.9 Å². The van der Waals surface area contributed by atoms with Crippen LogP contribution < -0.4 is 0 Å². The van der Waals surface area contributed by atoms with E-state index in [1.165, 1.54) is 6.07 Å². The van der Waals surface area contributed by atoms with E-state index in [0.29, 0.717) is 30.8 Å². The van der Waals surface area contributed by atoms with Crippen molar-refractivity contribution in [1.82, 2.24) is 14.8 Å². The fraction of sp³-hybridized carbons (Fsp3) is 0.571. The van der Waals surface area contributed by atoms with Gasteiger partial charge in [-0.25, -0.2) is 14.1 Å². The van der Waals surface area contributed by atoms with Gasteiger partial charge < -0.3 is 5.11 Å². The number of rotatable bonds is 3. The van der Waals surface area contributed by atoms with E-state index in [0.717, 1.165) is 53.6 Å². The number of hydrogen-bond donors (Lipinski definition) is 1. The molecule has 1 aromatic carbocycles. The lowest BCUT2D eigenvalue weighted by atomic mass is 9.57. The van der Waals surface area contributed by atoms with Crippen LogP contribution >= 0.6 is 0 Å². The van der Waals surface area contributed by atoms with Gasteiger partial charge >= 0.3 is 6.18 Å².